The van der Waals surface area contributed by atoms with Gasteiger partial charge in [-0.15, -0.1) is 0 Å². The number of nitrogens with one attached hydrogen (secondary N) is 1. The Balaban J connectivity index is 1.49. The zero-order valence-corrected chi connectivity index (χ0v) is 12.3. The first-order chi connectivity index (χ1) is 10.3. The highest BCUT2D eigenvalue weighted by molar-refractivity contribution is 5.18. The molecule has 3 rings (SSSR count). The Morgan fingerprint density at radius 1 is 1.29 bits per heavy atom. The van der Waals surface area contributed by atoms with Gasteiger partial charge in [-0.1, -0.05) is 35.5 Å². The fourth-order valence-electron chi connectivity index (χ4n) is 2.78. The van der Waals surface area contributed by atoms with Gasteiger partial charge in [-0.2, -0.15) is 4.98 Å². The molecule has 1 aliphatic rings. The topological polar surface area (TPSA) is 60.2 Å². The van der Waals surface area contributed by atoms with Crippen molar-refractivity contribution < 1.29 is 9.26 Å². The van der Waals surface area contributed by atoms with Gasteiger partial charge in [-0.25, -0.2) is 0 Å². The Kier molecular flexibility index (Phi) is 4.62. The van der Waals surface area contributed by atoms with E-state index in [4.69, 9.17) is 9.26 Å². The molecule has 1 aromatic carbocycles. The molecule has 0 amide bonds. The summed E-state index contributed by atoms with van der Waals surface area (Å²) >= 11 is 0. The molecule has 1 N–H and O–H groups in total. The SMILES string of the molecule is COC1CCC(NCc2nc(Cc3ccccc3)no2)C1. The van der Waals surface area contributed by atoms with Crippen LogP contribution in [0.25, 0.3) is 0 Å². The van der Waals surface area contributed by atoms with E-state index >= 15 is 0 Å². The summed E-state index contributed by atoms with van der Waals surface area (Å²) in [5, 5.41) is 7.50. The molecule has 1 fully saturated rings. The van der Waals surface area contributed by atoms with Gasteiger partial charge in [0.1, 0.15) is 0 Å². The summed E-state index contributed by atoms with van der Waals surface area (Å²) in [5.41, 5.74) is 1.19. The number of methoxy groups -OCH3 is 1. The summed E-state index contributed by atoms with van der Waals surface area (Å²) in [6, 6.07) is 10.7. The van der Waals surface area contributed by atoms with Gasteiger partial charge in [0.25, 0.3) is 0 Å². The van der Waals surface area contributed by atoms with Gasteiger partial charge in [0.2, 0.25) is 5.89 Å². The predicted octanol–water partition coefficient (Wildman–Crippen LogP) is 2.32. The van der Waals surface area contributed by atoms with Crippen molar-refractivity contribution in [3.8, 4) is 0 Å². The van der Waals surface area contributed by atoms with Crippen LogP contribution in [0.15, 0.2) is 34.9 Å². The number of hydrogen-bond donors (Lipinski definition) is 1. The lowest BCUT2D eigenvalue weighted by Crippen LogP contribution is -2.26. The molecule has 0 saturated heterocycles. The lowest BCUT2D eigenvalue weighted by molar-refractivity contribution is 0.107. The van der Waals surface area contributed by atoms with Crippen LogP contribution in [0.1, 0.15) is 36.5 Å². The summed E-state index contributed by atoms with van der Waals surface area (Å²) in [5.74, 6) is 1.39. The standard InChI is InChI=1S/C16H21N3O2/c1-20-14-8-7-13(10-14)17-11-16-18-15(19-21-16)9-12-5-3-2-4-6-12/h2-6,13-14,17H,7-11H2,1H3. The average Bonchev–Trinajstić information content (AvgIpc) is 3.15. The van der Waals surface area contributed by atoms with Gasteiger partial charge < -0.3 is 14.6 Å². The predicted molar refractivity (Wildman–Crippen MR) is 78.8 cm³/mol. The van der Waals surface area contributed by atoms with E-state index in [2.05, 4.69) is 27.6 Å². The van der Waals surface area contributed by atoms with Crippen LogP contribution in [0.3, 0.4) is 0 Å². The minimum Gasteiger partial charge on any atom is -0.381 e. The Hall–Kier alpha value is -1.72. The molecule has 0 aliphatic heterocycles. The lowest BCUT2D eigenvalue weighted by atomic mass is 10.1. The summed E-state index contributed by atoms with van der Waals surface area (Å²) < 4.78 is 10.7. The van der Waals surface area contributed by atoms with Crippen molar-refractivity contribution in [2.45, 2.75) is 44.4 Å². The second kappa shape index (κ2) is 6.83. The molecule has 0 bridgehead atoms. The van der Waals surface area contributed by atoms with E-state index in [-0.39, 0.29) is 0 Å². The minimum atomic E-state index is 0.388. The highest BCUT2D eigenvalue weighted by Crippen LogP contribution is 2.21. The third-order valence-electron chi connectivity index (χ3n) is 3.98. The molecule has 21 heavy (non-hydrogen) atoms. The molecule has 1 aliphatic carbocycles. The fraction of sp³-hybridized carbons (Fsp3) is 0.500. The first-order valence-corrected chi connectivity index (χ1v) is 7.45. The molecule has 1 heterocycles. The van der Waals surface area contributed by atoms with Gasteiger partial charge >= 0.3 is 0 Å². The van der Waals surface area contributed by atoms with Crippen LogP contribution in [0.5, 0.6) is 0 Å². The van der Waals surface area contributed by atoms with Gasteiger partial charge in [0, 0.05) is 19.6 Å². The van der Waals surface area contributed by atoms with Crippen LogP contribution in [-0.4, -0.2) is 29.4 Å². The largest absolute Gasteiger partial charge is 0.381 e. The Morgan fingerprint density at radius 3 is 2.90 bits per heavy atom. The molecule has 0 spiro atoms. The zero-order chi connectivity index (χ0) is 14.5. The third-order valence-corrected chi connectivity index (χ3v) is 3.98. The third kappa shape index (κ3) is 3.89. The highest BCUT2D eigenvalue weighted by Gasteiger charge is 2.24. The maximum atomic E-state index is 5.37. The van der Waals surface area contributed by atoms with E-state index < -0.39 is 0 Å². The van der Waals surface area contributed by atoms with Crippen LogP contribution in [0, 0.1) is 0 Å². The summed E-state index contributed by atoms with van der Waals surface area (Å²) in [4.78, 5) is 4.43. The number of rotatable bonds is 6. The minimum absolute atomic E-state index is 0.388. The molecule has 2 aromatic rings. The van der Waals surface area contributed by atoms with Crippen molar-refractivity contribution in [3.63, 3.8) is 0 Å². The smallest absolute Gasteiger partial charge is 0.240 e. The first kappa shape index (κ1) is 14.2. The Bertz CT molecular complexity index is 556. The van der Waals surface area contributed by atoms with Crippen molar-refractivity contribution in [2.75, 3.05) is 7.11 Å². The van der Waals surface area contributed by atoms with E-state index in [0.29, 0.717) is 31.0 Å². The number of ether oxygens (including phenoxy) is 1. The van der Waals surface area contributed by atoms with E-state index in [1.165, 1.54) is 5.56 Å². The molecule has 5 heteroatoms. The zero-order valence-electron chi connectivity index (χ0n) is 12.3. The van der Waals surface area contributed by atoms with Gasteiger partial charge in [-0.05, 0) is 24.8 Å². The fourth-order valence-corrected chi connectivity index (χ4v) is 2.78. The maximum absolute atomic E-state index is 5.37. The Labute approximate surface area is 124 Å². The van der Waals surface area contributed by atoms with E-state index in [9.17, 15) is 0 Å². The van der Waals surface area contributed by atoms with Crippen LogP contribution in [0.2, 0.25) is 0 Å². The quantitative estimate of drug-likeness (QED) is 0.883. The van der Waals surface area contributed by atoms with Crippen LogP contribution in [-0.2, 0) is 17.7 Å². The maximum Gasteiger partial charge on any atom is 0.240 e. The van der Waals surface area contributed by atoms with Crippen LogP contribution < -0.4 is 5.32 Å². The number of aromatic nitrogens is 2. The molecular formula is C16H21N3O2. The number of hydrogen-bond acceptors (Lipinski definition) is 5. The summed E-state index contributed by atoms with van der Waals surface area (Å²) in [6.45, 7) is 0.628. The summed E-state index contributed by atoms with van der Waals surface area (Å²) in [6.07, 6.45) is 4.42. The monoisotopic (exact) mass is 287 g/mol. The van der Waals surface area contributed by atoms with Gasteiger partial charge in [0.15, 0.2) is 5.82 Å². The van der Waals surface area contributed by atoms with Crippen molar-refractivity contribution in [2.24, 2.45) is 0 Å². The Morgan fingerprint density at radius 2 is 2.14 bits per heavy atom. The van der Waals surface area contributed by atoms with Crippen LogP contribution in [0.4, 0.5) is 0 Å². The molecule has 2 atom stereocenters. The number of nitrogens with zero attached hydrogens (tertiary/aromatic N) is 2. The lowest BCUT2D eigenvalue weighted by Gasteiger charge is -2.10. The highest BCUT2D eigenvalue weighted by atomic mass is 16.5. The number of benzene rings is 1. The van der Waals surface area contributed by atoms with Crippen molar-refractivity contribution >= 4 is 0 Å². The van der Waals surface area contributed by atoms with E-state index in [1.54, 1.807) is 7.11 Å². The average molecular weight is 287 g/mol. The second-order valence-electron chi connectivity index (χ2n) is 5.52. The molecule has 112 valence electrons. The molecule has 2 unspecified atom stereocenters. The van der Waals surface area contributed by atoms with Gasteiger partial charge in [0.05, 0.1) is 12.6 Å². The molecule has 5 nitrogen and oxygen atoms in total. The van der Waals surface area contributed by atoms with E-state index in [0.717, 1.165) is 25.1 Å². The molecule has 1 saturated carbocycles. The van der Waals surface area contributed by atoms with Crippen molar-refractivity contribution in [3.05, 3.63) is 47.6 Å². The second-order valence-corrected chi connectivity index (χ2v) is 5.52. The molecule has 1 aromatic heterocycles. The summed E-state index contributed by atoms with van der Waals surface area (Å²) in [7, 11) is 1.78. The van der Waals surface area contributed by atoms with Crippen molar-refractivity contribution in [1.29, 1.82) is 0 Å². The van der Waals surface area contributed by atoms with Crippen LogP contribution >= 0.6 is 0 Å². The van der Waals surface area contributed by atoms with Crippen molar-refractivity contribution in [1.82, 2.24) is 15.5 Å². The van der Waals surface area contributed by atoms with E-state index in [1.807, 2.05) is 18.2 Å². The first-order valence-electron chi connectivity index (χ1n) is 7.45. The molecule has 0 radical (unpaired) electrons. The molecular weight excluding hydrogens is 266 g/mol. The van der Waals surface area contributed by atoms with Gasteiger partial charge in [-0.3, -0.25) is 0 Å². The normalized spacial score (nSPS) is 21.8.